The molecule has 0 amide bonds. The Morgan fingerprint density at radius 2 is 2.22 bits per heavy atom. The van der Waals surface area contributed by atoms with Crippen molar-refractivity contribution in [2.45, 2.75) is 20.3 Å². The summed E-state index contributed by atoms with van der Waals surface area (Å²) in [7, 11) is 0. The van der Waals surface area contributed by atoms with Gasteiger partial charge in [-0.3, -0.25) is 0 Å². The minimum Gasteiger partial charge on any atom is -0.388 e. The van der Waals surface area contributed by atoms with E-state index >= 15 is 0 Å². The average Bonchev–Trinajstić information content (AvgIpc) is 2.33. The zero-order valence-corrected chi connectivity index (χ0v) is 11.8. The lowest BCUT2D eigenvalue weighted by Gasteiger charge is -2.08. The summed E-state index contributed by atoms with van der Waals surface area (Å²) in [6.45, 7) is 6.58. The third-order valence-electron chi connectivity index (χ3n) is 2.39. The van der Waals surface area contributed by atoms with Gasteiger partial charge in [0, 0.05) is 13.2 Å². The van der Waals surface area contributed by atoms with Gasteiger partial charge < -0.3 is 15.8 Å². The monoisotopic (exact) mass is 267 g/mol. The van der Waals surface area contributed by atoms with Crippen LogP contribution in [0.15, 0.2) is 18.2 Å². The zero-order valence-electron chi connectivity index (χ0n) is 11.0. The molecular weight excluding hydrogens is 246 g/mol. The largest absolute Gasteiger partial charge is 0.388 e. The summed E-state index contributed by atoms with van der Waals surface area (Å²) in [4.78, 5) is 4.60. The molecule has 0 saturated carbocycles. The second-order valence-electron chi connectivity index (χ2n) is 4.49. The van der Waals surface area contributed by atoms with Gasteiger partial charge in [0.2, 0.25) is 0 Å². The molecule has 1 aromatic heterocycles. The molecule has 0 saturated heterocycles. The van der Waals surface area contributed by atoms with Gasteiger partial charge in [-0.25, -0.2) is 4.98 Å². The molecule has 0 atom stereocenters. The molecule has 100 valence electrons. The predicted molar refractivity (Wildman–Crippen MR) is 78.9 cm³/mol. The Morgan fingerprint density at radius 3 is 2.89 bits per heavy atom. The number of nitrogens with two attached hydrogens (primary N) is 1. The van der Waals surface area contributed by atoms with Crippen LogP contribution in [0, 0.1) is 5.92 Å². The maximum Gasteiger partial charge on any atom is 0.126 e. The minimum atomic E-state index is 0.312. The van der Waals surface area contributed by atoms with Crippen LogP contribution in [0.2, 0.25) is 0 Å². The van der Waals surface area contributed by atoms with Crippen molar-refractivity contribution >= 4 is 23.0 Å². The SMILES string of the molecule is CC(C)CCOCCNc1cccc(C(N)=S)n1. The molecular formula is C13H21N3OS. The predicted octanol–water partition coefficient (Wildman–Crippen LogP) is 2.19. The fourth-order valence-corrected chi connectivity index (χ4v) is 1.46. The molecule has 4 nitrogen and oxygen atoms in total. The molecule has 0 aromatic carbocycles. The van der Waals surface area contributed by atoms with Crippen molar-refractivity contribution in [1.29, 1.82) is 0 Å². The summed E-state index contributed by atoms with van der Waals surface area (Å²) in [6.07, 6.45) is 1.09. The molecule has 0 spiro atoms. The first-order valence-electron chi connectivity index (χ1n) is 6.18. The van der Waals surface area contributed by atoms with E-state index in [4.69, 9.17) is 22.7 Å². The Labute approximate surface area is 114 Å². The van der Waals surface area contributed by atoms with Gasteiger partial charge in [0.25, 0.3) is 0 Å². The number of ether oxygens (including phenoxy) is 1. The number of aromatic nitrogens is 1. The quantitative estimate of drug-likeness (QED) is 0.558. The molecule has 0 aliphatic rings. The van der Waals surface area contributed by atoms with Crippen LogP contribution in [-0.2, 0) is 4.74 Å². The van der Waals surface area contributed by atoms with Crippen molar-refractivity contribution in [2.75, 3.05) is 25.1 Å². The Bertz CT molecular complexity index is 382. The smallest absolute Gasteiger partial charge is 0.126 e. The summed E-state index contributed by atoms with van der Waals surface area (Å²) in [5, 5.41) is 3.18. The molecule has 1 rings (SSSR count). The first-order chi connectivity index (χ1) is 8.59. The van der Waals surface area contributed by atoms with Gasteiger partial charge in [-0.2, -0.15) is 0 Å². The molecule has 0 radical (unpaired) electrons. The highest BCUT2D eigenvalue weighted by Gasteiger charge is 1.99. The number of thiocarbonyl (C=S) groups is 1. The summed E-state index contributed by atoms with van der Waals surface area (Å²) in [6, 6.07) is 5.56. The van der Waals surface area contributed by atoms with Crippen molar-refractivity contribution in [3.63, 3.8) is 0 Å². The van der Waals surface area contributed by atoms with Crippen LogP contribution < -0.4 is 11.1 Å². The van der Waals surface area contributed by atoms with E-state index in [2.05, 4.69) is 24.1 Å². The number of nitrogens with zero attached hydrogens (tertiary/aromatic N) is 1. The normalized spacial score (nSPS) is 10.6. The van der Waals surface area contributed by atoms with Crippen LogP contribution in [0.1, 0.15) is 26.0 Å². The molecule has 0 aliphatic carbocycles. The van der Waals surface area contributed by atoms with E-state index in [1.807, 2.05) is 12.1 Å². The molecule has 0 aliphatic heterocycles. The minimum absolute atomic E-state index is 0.312. The summed E-state index contributed by atoms with van der Waals surface area (Å²) in [5.74, 6) is 1.45. The molecule has 5 heteroatoms. The second-order valence-corrected chi connectivity index (χ2v) is 4.93. The van der Waals surface area contributed by atoms with Crippen LogP contribution in [0.25, 0.3) is 0 Å². The number of hydrogen-bond donors (Lipinski definition) is 2. The van der Waals surface area contributed by atoms with Gasteiger partial charge in [0.05, 0.1) is 12.3 Å². The van der Waals surface area contributed by atoms with E-state index in [1.54, 1.807) is 6.07 Å². The second kappa shape index (κ2) is 8.00. The summed E-state index contributed by atoms with van der Waals surface area (Å²) in [5.41, 5.74) is 6.16. The molecule has 0 bridgehead atoms. The zero-order chi connectivity index (χ0) is 13.4. The lowest BCUT2D eigenvalue weighted by atomic mass is 10.1. The van der Waals surface area contributed by atoms with Gasteiger partial charge >= 0.3 is 0 Å². The number of pyridine rings is 1. The summed E-state index contributed by atoms with van der Waals surface area (Å²) < 4.78 is 5.50. The number of rotatable bonds is 8. The fraction of sp³-hybridized carbons (Fsp3) is 0.538. The van der Waals surface area contributed by atoms with Crippen molar-refractivity contribution in [3.8, 4) is 0 Å². The van der Waals surface area contributed by atoms with Crippen LogP contribution in [0.3, 0.4) is 0 Å². The Morgan fingerprint density at radius 1 is 1.44 bits per heavy atom. The molecule has 18 heavy (non-hydrogen) atoms. The van der Waals surface area contributed by atoms with Crippen LogP contribution in [0.4, 0.5) is 5.82 Å². The Balaban J connectivity index is 2.23. The Kier molecular flexibility index (Phi) is 6.60. The van der Waals surface area contributed by atoms with Crippen molar-refractivity contribution in [1.82, 2.24) is 4.98 Å². The van der Waals surface area contributed by atoms with Crippen LogP contribution in [0.5, 0.6) is 0 Å². The van der Waals surface area contributed by atoms with E-state index in [0.29, 0.717) is 23.2 Å². The molecule has 3 N–H and O–H groups in total. The topological polar surface area (TPSA) is 60.2 Å². The molecule has 1 aromatic rings. The van der Waals surface area contributed by atoms with Crippen molar-refractivity contribution < 1.29 is 4.74 Å². The van der Waals surface area contributed by atoms with E-state index in [-0.39, 0.29) is 0 Å². The number of anilines is 1. The molecule has 1 heterocycles. The highest BCUT2D eigenvalue weighted by molar-refractivity contribution is 7.80. The highest BCUT2D eigenvalue weighted by atomic mass is 32.1. The van der Waals surface area contributed by atoms with Gasteiger partial charge in [-0.1, -0.05) is 32.1 Å². The van der Waals surface area contributed by atoms with Crippen LogP contribution >= 0.6 is 12.2 Å². The highest BCUT2D eigenvalue weighted by Crippen LogP contribution is 2.04. The maximum absolute atomic E-state index is 5.52. The van der Waals surface area contributed by atoms with E-state index in [0.717, 1.165) is 25.4 Å². The van der Waals surface area contributed by atoms with E-state index in [1.165, 1.54) is 0 Å². The lowest BCUT2D eigenvalue weighted by molar-refractivity contribution is 0.132. The number of hydrogen-bond acceptors (Lipinski definition) is 4. The first kappa shape index (κ1) is 14.9. The van der Waals surface area contributed by atoms with Crippen molar-refractivity contribution in [3.05, 3.63) is 23.9 Å². The molecule has 0 fully saturated rings. The van der Waals surface area contributed by atoms with Crippen molar-refractivity contribution in [2.24, 2.45) is 11.7 Å². The van der Waals surface area contributed by atoms with E-state index in [9.17, 15) is 0 Å². The first-order valence-corrected chi connectivity index (χ1v) is 6.59. The van der Waals surface area contributed by atoms with Gasteiger partial charge in [-0.15, -0.1) is 0 Å². The maximum atomic E-state index is 5.52. The molecule has 0 unspecified atom stereocenters. The van der Waals surface area contributed by atoms with Gasteiger partial charge in [0.1, 0.15) is 10.8 Å². The van der Waals surface area contributed by atoms with Gasteiger partial charge in [0.15, 0.2) is 0 Å². The Hall–Kier alpha value is -1.20. The average molecular weight is 267 g/mol. The van der Waals surface area contributed by atoms with Crippen LogP contribution in [-0.4, -0.2) is 29.7 Å². The van der Waals surface area contributed by atoms with E-state index < -0.39 is 0 Å². The summed E-state index contributed by atoms with van der Waals surface area (Å²) >= 11 is 4.88. The lowest BCUT2D eigenvalue weighted by Crippen LogP contribution is -2.15. The number of nitrogens with one attached hydrogen (secondary N) is 1. The standard InChI is InChI=1S/C13H21N3OS/c1-10(2)6-8-17-9-7-15-12-5-3-4-11(16-12)13(14)18/h3-5,10H,6-9H2,1-2H3,(H2,14,18)(H,15,16). The third-order valence-corrected chi connectivity index (χ3v) is 2.60. The van der Waals surface area contributed by atoms with Gasteiger partial charge in [-0.05, 0) is 24.5 Å². The third kappa shape index (κ3) is 5.93. The fourth-order valence-electron chi connectivity index (χ4n) is 1.34.